The van der Waals surface area contributed by atoms with E-state index in [0.29, 0.717) is 11.3 Å². The highest BCUT2D eigenvalue weighted by molar-refractivity contribution is 9.10. The topological polar surface area (TPSA) is 44.8 Å². The summed E-state index contributed by atoms with van der Waals surface area (Å²) in [7, 11) is 1.27. The molecule has 0 atom stereocenters. The summed E-state index contributed by atoms with van der Waals surface area (Å²) in [5.74, 6) is -0.0954. The molecule has 0 aliphatic heterocycles. The number of methoxy groups -OCH3 is 1. The van der Waals surface area contributed by atoms with E-state index >= 15 is 0 Å². The lowest BCUT2D eigenvalue weighted by molar-refractivity contribution is 0.0600. The van der Waals surface area contributed by atoms with E-state index in [0.717, 1.165) is 15.8 Å². The van der Waals surface area contributed by atoms with Crippen LogP contribution >= 0.6 is 15.9 Å². The lowest BCUT2D eigenvalue weighted by atomic mass is 9.98. The minimum absolute atomic E-state index is 0.0530. The number of hydrogen-bond donors (Lipinski definition) is 0. The van der Waals surface area contributed by atoms with Gasteiger partial charge >= 0.3 is 5.97 Å². The van der Waals surface area contributed by atoms with Crippen molar-refractivity contribution in [3.05, 3.63) is 88.7 Å². The summed E-state index contributed by atoms with van der Waals surface area (Å²) in [5, 5.41) is 0. The third-order valence-corrected chi connectivity index (χ3v) is 4.82. The molecule has 30 heavy (non-hydrogen) atoms. The maximum atomic E-state index is 14.0. The maximum Gasteiger partial charge on any atom is 0.338 e. The third-order valence-electron chi connectivity index (χ3n) is 4.05. The van der Waals surface area contributed by atoms with Crippen molar-refractivity contribution in [2.24, 2.45) is 0 Å². The quantitative estimate of drug-likeness (QED) is 0.301. The summed E-state index contributed by atoms with van der Waals surface area (Å²) in [6.45, 7) is 11.1. The molecule has 2 aromatic rings. The molecule has 0 amide bonds. The van der Waals surface area contributed by atoms with Gasteiger partial charge in [-0.2, -0.15) is 0 Å². The van der Waals surface area contributed by atoms with Crippen molar-refractivity contribution < 1.29 is 23.4 Å². The lowest BCUT2D eigenvalue weighted by Gasteiger charge is -2.15. The van der Waals surface area contributed by atoms with Crippen LogP contribution in [0.4, 0.5) is 4.39 Å². The number of rotatable bonds is 9. The molecule has 158 valence electrons. The van der Waals surface area contributed by atoms with Gasteiger partial charge in [-0.25, -0.2) is 9.18 Å². The first-order valence-electron chi connectivity index (χ1n) is 9.25. The Morgan fingerprint density at radius 3 is 2.47 bits per heavy atom. The fraction of sp³-hybridized carbons (Fsp3) is 0.208. The van der Waals surface area contributed by atoms with Gasteiger partial charge in [-0.3, -0.25) is 0 Å². The van der Waals surface area contributed by atoms with Gasteiger partial charge in [0.2, 0.25) is 0 Å². The van der Waals surface area contributed by atoms with Crippen LogP contribution in [0.15, 0.2) is 72.0 Å². The second-order valence-corrected chi connectivity index (χ2v) is 7.48. The van der Waals surface area contributed by atoms with Crippen LogP contribution in [0.5, 0.6) is 11.5 Å². The Balaban J connectivity index is 2.36. The molecule has 2 rings (SSSR count). The summed E-state index contributed by atoms with van der Waals surface area (Å²) in [4.78, 5) is 12.1. The Morgan fingerprint density at radius 1 is 1.17 bits per heavy atom. The maximum absolute atomic E-state index is 14.0. The number of hydrogen-bond acceptors (Lipinski definition) is 4. The Hall–Kier alpha value is -2.86. The van der Waals surface area contributed by atoms with Crippen LogP contribution < -0.4 is 9.47 Å². The highest BCUT2D eigenvalue weighted by Gasteiger charge is 2.18. The van der Waals surface area contributed by atoms with E-state index in [2.05, 4.69) is 29.1 Å². The zero-order chi connectivity index (χ0) is 22.3. The highest BCUT2D eigenvalue weighted by Crippen LogP contribution is 2.31. The number of esters is 1. The van der Waals surface area contributed by atoms with E-state index < -0.39 is 11.8 Å². The van der Waals surface area contributed by atoms with Gasteiger partial charge in [0.05, 0.1) is 18.8 Å². The average Bonchev–Trinajstić information content (AvgIpc) is 2.71. The average molecular weight is 475 g/mol. The largest absolute Gasteiger partial charge is 0.491 e. The predicted octanol–water partition coefficient (Wildman–Crippen LogP) is 6.65. The Bertz CT molecular complexity index is 979. The van der Waals surface area contributed by atoms with Crippen molar-refractivity contribution in [2.45, 2.75) is 26.6 Å². The van der Waals surface area contributed by atoms with Crippen LogP contribution in [-0.4, -0.2) is 19.2 Å². The van der Waals surface area contributed by atoms with E-state index in [9.17, 15) is 9.18 Å². The molecule has 0 spiro atoms. The summed E-state index contributed by atoms with van der Waals surface area (Å²) < 4.78 is 31.4. The van der Waals surface area contributed by atoms with Gasteiger partial charge in [0, 0.05) is 21.2 Å². The summed E-state index contributed by atoms with van der Waals surface area (Å²) in [5.41, 5.74) is 1.51. The van der Waals surface area contributed by atoms with Crippen LogP contribution in [0.1, 0.15) is 35.3 Å². The molecule has 0 saturated heterocycles. The van der Waals surface area contributed by atoms with E-state index in [1.807, 2.05) is 32.0 Å². The smallest absolute Gasteiger partial charge is 0.338 e. The molecule has 0 bridgehead atoms. The fourth-order valence-corrected chi connectivity index (χ4v) is 3.10. The minimum Gasteiger partial charge on any atom is -0.491 e. The number of carbonyl (C=O) groups excluding carboxylic acids is 1. The summed E-state index contributed by atoms with van der Waals surface area (Å²) in [6, 6.07) is 10.4. The van der Waals surface area contributed by atoms with E-state index in [1.54, 1.807) is 12.1 Å². The molecular weight excluding hydrogens is 451 g/mol. The molecule has 4 nitrogen and oxygen atoms in total. The first-order valence-corrected chi connectivity index (χ1v) is 10.0. The molecule has 0 N–H and O–H groups in total. The molecule has 0 radical (unpaired) electrons. The number of halogens is 2. The van der Waals surface area contributed by atoms with Crippen molar-refractivity contribution >= 4 is 27.5 Å². The molecule has 0 aliphatic carbocycles. The van der Waals surface area contributed by atoms with Gasteiger partial charge in [-0.05, 0) is 50.2 Å². The minimum atomic E-state index is -0.696. The Labute approximate surface area is 184 Å². The molecule has 6 heteroatoms. The number of carbonyl (C=O) groups is 1. The fourth-order valence-electron chi connectivity index (χ4n) is 2.74. The van der Waals surface area contributed by atoms with Crippen LogP contribution in [0.3, 0.4) is 0 Å². The van der Waals surface area contributed by atoms with Crippen LogP contribution in [-0.2, 0) is 11.3 Å². The molecule has 0 heterocycles. The van der Waals surface area contributed by atoms with Gasteiger partial charge in [0.15, 0.2) is 0 Å². The lowest BCUT2D eigenvalue weighted by Crippen LogP contribution is -2.07. The zero-order valence-electron chi connectivity index (χ0n) is 17.2. The van der Waals surface area contributed by atoms with Crippen molar-refractivity contribution in [3.8, 4) is 11.5 Å². The van der Waals surface area contributed by atoms with E-state index in [-0.39, 0.29) is 23.8 Å². The van der Waals surface area contributed by atoms with Gasteiger partial charge < -0.3 is 14.2 Å². The predicted molar refractivity (Wildman–Crippen MR) is 120 cm³/mol. The molecule has 0 saturated carbocycles. The first kappa shape index (κ1) is 23.4. The normalized spacial score (nSPS) is 11.2. The zero-order valence-corrected chi connectivity index (χ0v) is 18.8. The van der Waals surface area contributed by atoms with Crippen LogP contribution in [0.2, 0.25) is 0 Å². The van der Waals surface area contributed by atoms with Crippen LogP contribution in [0, 0.1) is 0 Å². The molecule has 0 aromatic heterocycles. The third kappa shape index (κ3) is 6.07. The highest BCUT2D eigenvalue weighted by atomic mass is 79.9. The van der Waals surface area contributed by atoms with E-state index in [1.165, 1.54) is 25.3 Å². The summed E-state index contributed by atoms with van der Waals surface area (Å²) in [6.07, 6.45) is 2.92. The first-order chi connectivity index (χ1) is 14.3. The number of benzene rings is 2. The molecule has 0 unspecified atom stereocenters. The van der Waals surface area contributed by atoms with Crippen molar-refractivity contribution in [3.63, 3.8) is 0 Å². The number of ether oxygens (including phenoxy) is 3. The van der Waals surface area contributed by atoms with Gasteiger partial charge in [0.1, 0.15) is 23.9 Å². The molecular formula is C24H24BrFO4. The SMILES string of the molecule is C=C/C=C(\C(=C)F)c1cc(OCc2cc(OC(C)C)ccc2Br)ccc1C(=O)OC. The summed E-state index contributed by atoms with van der Waals surface area (Å²) >= 11 is 3.51. The second kappa shape index (κ2) is 10.8. The van der Waals surface area contributed by atoms with Gasteiger partial charge in [0.25, 0.3) is 0 Å². The Kier molecular flexibility index (Phi) is 8.42. The Morgan fingerprint density at radius 2 is 1.87 bits per heavy atom. The molecule has 2 aromatic carbocycles. The van der Waals surface area contributed by atoms with E-state index in [4.69, 9.17) is 14.2 Å². The second-order valence-electron chi connectivity index (χ2n) is 6.63. The molecule has 0 fully saturated rings. The van der Waals surface area contributed by atoms with Crippen molar-refractivity contribution in [1.82, 2.24) is 0 Å². The van der Waals surface area contributed by atoms with Crippen molar-refractivity contribution in [2.75, 3.05) is 7.11 Å². The molecule has 0 aliphatic rings. The van der Waals surface area contributed by atoms with Crippen LogP contribution in [0.25, 0.3) is 5.57 Å². The van der Waals surface area contributed by atoms with Crippen molar-refractivity contribution in [1.29, 1.82) is 0 Å². The van der Waals surface area contributed by atoms with Gasteiger partial charge in [-0.1, -0.05) is 41.2 Å². The van der Waals surface area contributed by atoms with Gasteiger partial charge in [-0.15, -0.1) is 0 Å². The number of allylic oxidation sites excluding steroid dienone is 4. The monoisotopic (exact) mass is 474 g/mol. The standard InChI is InChI=1S/C24H24BrFO4/c1-6-7-20(16(4)26)22-13-18(8-10-21(22)24(27)28-5)29-14-17-12-19(30-15(2)3)9-11-23(17)25/h6-13,15H,1,4,14H2,2-3,5H3/b20-7+.